The molecule has 1 aliphatic rings. The van der Waals surface area contributed by atoms with Gasteiger partial charge in [0.05, 0.1) is 0 Å². The van der Waals surface area contributed by atoms with Crippen LogP contribution in [0.2, 0.25) is 0 Å². The van der Waals surface area contributed by atoms with Gasteiger partial charge in [0.1, 0.15) is 0 Å². The van der Waals surface area contributed by atoms with E-state index in [1.54, 1.807) is 0 Å². The highest BCUT2D eigenvalue weighted by molar-refractivity contribution is 5.29. The van der Waals surface area contributed by atoms with Crippen molar-refractivity contribution in [2.45, 2.75) is 34.1 Å². The van der Waals surface area contributed by atoms with E-state index in [4.69, 9.17) is 0 Å². The Hall–Kier alpha value is -0.980. The van der Waals surface area contributed by atoms with Crippen LogP contribution < -0.4 is 5.32 Å². The van der Waals surface area contributed by atoms with E-state index in [2.05, 4.69) is 36.5 Å². The summed E-state index contributed by atoms with van der Waals surface area (Å²) in [6.45, 7) is 9.24. The van der Waals surface area contributed by atoms with Gasteiger partial charge in [0.15, 0.2) is 0 Å². The van der Waals surface area contributed by atoms with Crippen molar-refractivity contribution >= 4 is 0 Å². The molecule has 1 heterocycles. The molecule has 0 aromatic rings. The molecule has 0 fully saturated rings. The van der Waals surface area contributed by atoms with Gasteiger partial charge in [-0.1, -0.05) is 32.1 Å². The molecule has 0 aliphatic carbocycles. The van der Waals surface area contributed by atoms with Crippen LogP contribution in [0.3, 0.4) is 0 Å². The number of allylic oxidation sites excluding steroid dienone is 4. The molecule has 13 heavy (non-hydrogen) atoms. The summed E-state index contributed by atoms with van der Waals surface area (Å²) >= 11 is 0. The maximum atomic E-state index is 3.30. The number of rotatable bonds is 2. The first-order valence-corrected chi connectivity index (χ1v) is 5.08. The Bertz CT molecular complexity index is 209. The van der Waals surface area contributed by atoms with Crippen molar-refractivity contribution in [3.05, 3.63) is 35.6 Å². The molecule has 0 bridgehead atoms. The summed E-state index contributed by atoms with van der Waals surface area (Å²) < 4.78 is 0. The average molecular weight is 179 g/mol. The van der Waals surface area contributed by atoms with Gasteiger partial charge < -0.3 is 5.32 Å². The van der Waals surface area contributed by atoms with E-state index in [1.807, 2.05) is 20.8 Å². The number of hydrogen-bond donors (Lipinski definition) is 1. The Morgan fingerprint density at radius 3 is 2.62 bits per heavy atom. The van der Waals surface area contributed by atoms with Crippen molar-refractivity contribution in [3.63, 3.8) is 0 Å². The highest BCUT2D eigenvalue weighted by Crippen LogP contribution is 2.06. The van der Waals surface area contributed by atoms with Gasteiger partial charge >= 0.3 is 0 Å². The third-order valence-electron chi connectivity index (χ3n) is 1.65. The molecule has 0 saturated carbocycles. The summed E-state index contributed by atoms with van der Waals surface area (Å²) in [5, 5.41) is 3.30. The zero-order valence-corrected chi connectivity index (χ0v) is 9.22. The lowest BCUT2D eigenvalue weighted by Gasteiger charge is -1.97. The molecule has 0 spiro atoms. The van der Waals surface area contributed by atoms with E-state index >= 15 is 0 Å². The third-order valence-corrected chi connectivity index (χ3v) is 1.65. The van der Waals surface area contributed by atoms with Gasteiger partial charge in [-0.3, -0.25) is 0 Å². The predicted octanol–water partition coefficient (Wildman–Crippen LogP) is 3.41. The second-order valence-electron chi connectivity index (χ2n) is 2.76. The van der Waals surface area contributed by atoms with Crippen molar-refractivity contribution in [2.24, 2.45) is 0 Å². The lowest BCUT2D eigenvalue weighted by atomic mass is 10.2. The Kier molecular flexibility index (Phi) is 7.08. The molecule has 0 aromatic carbocycles. The molecule has 0 radical (unpaired) electrons. The Balaban J connectivity index is 0.000000671. The van der Waals surface area contributed by atoms with Crippen molar-refractivity contribution < 1.29 is 0 Å². The maximum Gasteiger partial charge on any atom is 0.0303 e. The van der Waals surface area contributed by atoms with E-state index in [0.717, 1.165) is 13.0 Å². The minimum Gasteiger partial charge on any atom is -0.385 e. The van der Waals surface area contributed by atoms with Crippen molar-refractivity contribution in [3.8, 4) is 0 Å². The third kappa shape index (κ3) is 5.29. The molecular weight excluding hydrogens is 158 g/mol. The normalized spacial score (nSPS) is 16.3. The Labute approximate surface area is 82.2 Å². The first-order valence-electron chi connectivity index (χ1n) is 5.08. The molecular formula is C12H21N. The van der Waals surface area contributed by atoms with Crippen molar-refractivity contribution in [2.75, 3.05) is 6.54 Å². The molecule has 1 heteroatoms. The van der Waals surface area contributed by atoms with Gasteiger partial charge in [0, 0.05) is 12.2 Å². The van der Waals surface area contributed by atoms with Gasteiger partial charge in [-0.2, -0.15) is 0 Å². The molecule has 0 aromatic heterocycles. The van der Waals surface area contributed by atoms with Gasteiger partial charge in [-0.25, -0.2) is 0 Å². The minimum atomic E-state index is 1.09. The second-order valence-corrected chi connectivity index (χ2v) is 2.76. The largest absolute Gasteiger partial charge is 0.385 e. The second kappa shape index (κ2) is 7.66. The highest BCUT2D eigenvalue weighted by Gasteiger charge is 1.97. The molecule has 1 nitrogen and oxygen atoms in total. The SMILES string of the molecule is C/C=C\C(C)=C/C1=CCCN1.CC. The summed E-state index contributed by atoms with van der Waals surface area (Å²) in [4.78, 5) is 0. The van der Waals surface area contributed by atoms with Gasteiger partial charge in [-0.05, 0) is 31.9 Å². The van der Waals surface area contributed by atoms with Crippen molar-refractivity contribution in [1.29, 1.82) is 0 Å². The Morgan fingerprint density at radius 1 is 1.46 bits per heavy atom. The van der Waals surface area contributed by atoms with Crippen LogP contribution in [-0.4, -0.2) is 6.54 Å². The molecule has 1 rings (SSSR count). The fourth-order valence-corrected chi connectivity index (χ4v) is 1.18. The van der Waals surface area contributed by atoms with Crippen LogP contribution in [0.25, 0.3) is 0 Å². The molecule has 1 N–H and O–H groups in total. The molecule has 0 unspecified atom stereocenters. The number of nitrogens with one attached hydrogen (secondary N) is 1. The minimum absolute atomic E-state index is 1.09. The maximum absolute atomic E-state index is 3.30. The molecule has 0 atom stereocenters. The lowest BCUT2D eigenvalue weighted by molar-refractivity contribution is 0.891. The van der Waals surface area contributed by atoms with E-state index in [0.29, 0.717) is 0 Å². The molecule has 74 valence electrons. The van der Waals surface area contributed by atoms with Crippen LogP contribution in [0.5, 0.6) is 0 Å². The summed E-state index contributed by atoms with van der Waals surface area (Å²) in [5.41, 5.74) is 2.56. The van der Waals surface area contributed by atoms with Gasteiger partial charge in [0.25, 0.3) is 0 Å². The fourth-order valence-electron chi connectivity index (χ4n) is 1.18. The van der Waals surface area contributed by atoms with Crippen LogP contribution in [0.1, 0.15) is 34.1 Å². The first kappa shape index (κ1) is 12.0. The summed E-state index contributed by atoms with van der Waals surface area (Å²) in [6.07, 6.45) is 9.73. The van der Waals surface area contributed by atoms with Gasteiger partial charge in [-0.15, -0.1) is 0 Å². The Morgan fingerprint density at radius 2 is 2.15 bits per heavy atom. The lowest BCUT2D eigenvalue weighted by Crippen LogP contribution is -2.05. The number of hydrogen-bond acceptors (Lipinski definition) is 1. The van der Waals surface area contributed by atoms with Gasteiger partial charge in [0.2, 0.25) is 0 Å². The monoisotopic (exact) mass is 179 g/mol. The van der Waals surface area contributed by atoms with Crippen LogP contribution >= 0.6 is 0 Å². The van der Waals surface area contributed by atoms with E-state index in [9.17, 15) is 0 Å². The fraction of sp³-hybridized carbons (Fsp3) is 0.500. The zero-order chi connectivity index (χ0) is 10.1. The zero-order valence-electron chi connectivity index (χ0n) is 9.22. The highest BCUT2D eigenvalue weighted by atomic mass is 14.9. The topological polar surface area (TPSA) is 12.0 Å². The van der Waals surface area contributed by atoms with E-state index < -0.39 is 0 Å². The summed E-state index contributed by atoms with van der Waals surface area (Å²) in [5.74, 6) is 0. The van der Waals surface area contributed by atoms with Crippen molar-refractivity contribution in [1.82, 2.24) is 5.32 Å². The summed E-state index contributed by atoms with van der Waals surface area (Å²) in [6, 6.07) is 0. The van der Waals surface area contributed by atoms with Crippen LogP contribution in [-0.2, 0) is 0 Å². The van der Waals surface area contributed by atoms with Crippen LogP contribution in [0.4, 0.5) is 0 Å². The van der Waals surface area contributed by atoms with Crippen LogP contribution in [0.15, 0.2) is 35.6 Å². The van der Waals surface area contributed by atoms with Crippen LogP contribution in [0, 0.1) is 0 Å². The molecule has 1 aliphatic heterocycles. The van der Waals surface area contributed by atoms with E-state index in [1.165, 1.54) is 11.3 Å². The molecule has 0 amide bonds. The predicted molar refractivity (Wildman–Crippen MR) is 60.6 cm³/mol. The quantitative estimate of drug-likeness (QED) is 0.640. The smallest absolute Gasteiger partial charge is 0.0303 e. The molecule has 0 saturated heterocycles. The average Bonchev–Trinajstić information content (AvgIpc) is 2.61. The first-order chi connectivity index (χ1) is 6.33. The standard InChI is InChI=1S/C10H15N.C2H6/c1-3-5-9(2)8-10-6-4-7-11-10;1-2/h3,5-6,8,11H,4,7H2,1-2H3;1-2H3/b5-3-,9-8-;. The summed E-state index contributed by atoms with van der Waals surface area (Å²) in [7, 11) is 0. The van der Waals surface area contributed by atoms with E-state index in [-0.39, 0.29) is 0 Å².